The number of ketones is 1. The van der Waals surface area contributed by atoms with Crippen LogP contribution >= 0.6 is 15.9 Å². The van der Waals surface area contributed by atoms with Crippen LogP contribution in [0, 0.1) is 0 Å². The van der Waals surface area contributed by atoms with Gasteiger partial charge in [0.15, 0.2) is 5.78 Å². The minimum absolute atomic E-state index is 0.271. The van der Waals surface area contributed by atoms with Crippen molar-refractivity contribution < 1.29 is 14.4 Å². The molecule has 1 fully saturated rings. The van der Waals surface area contributed by atoms with Crippen LogP contribution in [0.4, 0.5) is 4.79 Å². The van der Waals surface area contributed by atoms with Gasteiger partial charge in [-0.05, 0) is 25.0 Å². The van der Waals surface area contributed by atoms with E-state index >= 15 is 0 Å². The number of rotatable bonds is 5. The highest BCUT2D eigenvalue weighted by Gasteiger charge is 2.50. The van der Waals surface area contributed by atoms with Gasteiger partial charge in [0.05, 0.1) is 6.54 Å². The van der Waals surface area contributed by atoms with Crippen LogP contribution < -0.4 is 5.32 Å². The summed E-state index contributed by atoms with van der Waals surface area (Å²) in [4.78, 5) is 38.8. The molecule has 2 aromatic carbocycles. The van der Waals surface area contributed by atoms with E-state index in [0.717, 1.165) is 21.4 Å². The van der Waals surface area contributed by atoms with Gasteiger partial charge < -0.3 is 5.32 Å². The van der Waals surface area contributed by atoms with E-state index in [1.54, 1.807) is 31.2 Å². The lowest BCUT2D eigenvalue weighted by atomic mass is 9.92. The standard InChI is InChI=1S/C20H19BrN2O3/c1-3-13-8-10-14(11-9-13)17(24)12-23-18(25)20(2,22-19(23)26)15-6-4-5-7-16(15)21/h4-11H,3,12H2,1-2H3,(H,22,26). The first-order valence-electron chi connectivity index (χ1n) is 8.38. The molecule has 0 radical (unpaired) electrons. The van der Waals surface area contributed by atoms with Gasteiger partial charge in [-0.2, -0.15) is 0 Å². The number of amides is 3. The molecule has 5 nitrogen and oxygen atoms in total. The Kier molecular flexibility index (Phi) is 4.96. The predicted molar refractivity (Wildman–Crippen MR) is 102 cm³/mol. The highest BCUT2D eigenvalue weighted by atomic mass is 79.9. The SMILES string of the molecule is CCc1ccc(C(=O)CN2C(=O)NC(C)(c3ccccc3Br)C2=O)cc1. The van der Waals surface area contributed by atoms with E-state index in [9.17, 15) is 14.4 Å². The number of nitrogens with one attached hydrogen (secondary N) is 1. The van der Waals surface area contributed by atoms with Crippen molar-refractivity contribution in [1.82, 2.24) is 10.2 Å². The number of carbonyl (C=O) groups excluding carboxylic acids is 3. The summed E-state index contributed by atoms with van der Waals surface area (Å²) in [6.07, 6.45) is 0.881. The molecule has 1 aliphatic rings. The van der Waals surface area contributed by atoms with Crippen LogP contribution in [-0.2, 0) is 16.8 Å². The number of aryl methyl sites for hydroxylation is 1. The van der Waals surface area contributed by atoms with Crippen molar-refractivity contribution in [3.05, 3.63) is 69.7 Å². The van der Waals surface area contributed by atoms with Crippen LogP contribution in [-0.4, -0.2) is 29.2 Å². The van der Waals surface area contributed by atoms with Gasteiger partial charge in [0.1, 0.15) is 5.54 Å². The number of imide groups is 1. The Balaban J connectivity index is 1.83. The van der Waals surface area contributed by atoms with E-state index in [-0.39, 0.29) is 12.3 Å². The van der Waals surface area contributed by atoms with Gasteiger partial charge >= 0.3 is 6.03 Å². The number of halogens is 1. The summed E-state index contributed by atoms with van der Waals surface area (Å²) in [7, 11) is 0. The molecule has 1 N–H and O–H groups in total. The van der Waals surface area contributed by atoms with Gasteiger partial charge in [0, 0.05) is 15.6 Å². The maximum atomic E-state index is 12.9. The Bertz CT molecular complexity index is 879. The van der Waals surface area contributed by atoms with E-state index in [0.29, 0.717) is 11.1 Å². The molecule has 0 saturated carbocycles. The van der Waals surface area contributed by atoms with Gasteiger partial charge in [0.25, 0.3) is 5.91 Å². The van der Waals surface area contributed by atoms with E-state index in [2.05, 4.69) is 21.2 Å². The molecule has 26 heavy (non-hydrogen) atoms. The minimum atomic E-state index is -1.20. The van der Waals surface area contributed by atoms with Crippen molar-refractivity contribution in [1.29, 1.82) is 0 Å². The zero-order valence-corrected chi connectivity index (χ0v) is 16.2. The summed E-state index contributed by atoms with van der Waals surface area (Å²) in [6.45, 7) is 3.40. The number of carbonyl (C=O) groups is 3. The predicted octanol–water partition coefficient (Wildman–Crippen LogP) is 3.66. The van der Waals surface area contributed by atoms with Crippen molar-refractivity contribution in [2.75, 3.05) is 6.54 Å². The summed E-state index contributed by atoms with van der Waals surface area (Å²) >= 11 is 3.42. The molecular formula is C20H19BrN2O3. The lowest BCUT2D eigenvalue weighted by Gasteiger charge is -2.23. The van der Waals surface area contributed by atoms with Crippen LogP contribution in [0.3, 0.4) is 0 Å². The van der Waals surface area contributed by atoms with Crippen LogP contribution in [0.5, 0.6) is 0 Å². The second-order valence-electron chi connectivity index (χ2n) is 6.40. The fraction of sp³-hybridized carbons (Fsp3) is 0.250. The lowest BCUT2D eigenvalue weighted by Crippen LogP contribution is -2.41. The summed E-state index contributed by atoms with van der Waals surface area (Å²) in [5, 5.41) is 2.72. The third-order valence-corrected chi connectivity index (χ3v) is 5.36. The van der Waals surface area contributed by atoms with E-state index in [4.69, 9.17) is 0 Å². The molecule has 0 spiro atoms. The van der Waals surface area contributed by atoms with Crippen LogP contribution in [0.1, 0.15) is 35.3 Å². The molecule has 0 aliphatic carbocycles. The fourth-order valence-corrected chi connectivity index (χ4v) is 3.73. The molecular weight excluding hydrogens is 396 g/mol. The van der Waals surface area contributed by atoms with E-state index in [1.807, 2.05) is 31.2 Å². The molecule has 3 rings (SSSR count). The first kappa shape index (κ1) is 18.3. The Labute approximate surface area is 160 Å². The summed E-state index contributed by atoms with van der Waals surface area (Å²) < 4.78 is 0.722. The minimum Gasteiger partial charge on any atom is -0.319 e. The van der Waals surface area contributed by atoms with Crippen molar-refractivity contribution in [3.63, 3.8) is 0 Å². The topological polar surface area (TPSA) is 66.5 Å². The van der Waals surface area contributed by atoms with Gasteiger partial charge in [-0.25, -0.2) is 4.79 Å². The van der Waals surface area contributed by atoms with Crippen LogP contribution in [0.15, 0.2) is 53.0 Å². The number of benzene rings is 2. The molecule has 3 amide bonds. The molecule has 6 heteroatoms. The van der Waals surface area contributed by atoms with Crippen molar-refractivity contribution >= 4 is 33.7 Å². The highest BCUT2D eigenvalue weighted by molar-refractivity contribution is 9.10. The molecule has 1 heterocycles. The largest absolute Gasteiger partial charge is 0.325 e. The Morgan fingerprint density at radius 1 is 1.12 bits per heavy atom. The Morgan fingerprint density at radius 3 is 2.38 bits per heavy atom. The zero-order valence-electron chi connectivity index (χ0n) is 14.6. The van der Waals surface area contributed by atoms with Gasteiger partial charge in [0.2, 0.25) is 0 Å². The first-order chi connectivity index (χ1) is 12.4. The molecule has 1 atom stereocenters. The zero-order chi connectivity index (χ0) is 18.9. The Morgan fingerprint density at radius 2 is 1.77 bits per heavy atom. The molecule has 0 bridgehead atoms. The number of hydrogen-bond acceptors (Lipinski definition) is 3. The average molecular weight is 415 g/mol. The van der Waals surface area contributed by atoms with Crippen molar-refractivity contribution in [3.8, 4) is 0 Å². The third kappa shape index (κ3) is 3.17. The van der Waals surface area contributed by atoms with E-state index in [1.165, 1.54) is 0 Å². The number of Topliss-reactive ketones (excluding diaryl/α,β-unsaturated/α-hetero) is 1. The second kappa shape index (κ2) is 7.03. The maximum absolute atomic E-state index is 12.9. The highest BCUT2D eigenvalue weighted by Crippen LogP contribution is 2.33. The van der Waals surface area contributed by atoms with Gasteiger partial charge in [-0.1, -0.05) is 65.3 Å². The quantitative estimate of drug-likeness (QED) is 0.599. The normalized spacial score (nSPS) is 19.6. The van der Waals surface area contributed by atoms with Crippen LogP contribution in [0.2, 0.25) is 0 Å². The van der Waals surface area contributed by atoms with Crippen LogP contribution in [0.25, 0.3) is 0 Å². The molecule has 1 aliphatic heterocycles. The molecule has 1 saturated heterocycles. The average Bonchev–Trinajstić information content (AvgIpc) is 2.86. The smallest absolute Gasteiger partial charge is 0.319 e. The fourth-order valence-electron chi connectivity index (χ4n) is 3.05. The molecule has 0 aromatic heterocycles. The molecule has 2 aromatic rings. The maximum Gasteiger partial charge on any atom is 0.325 e. The number of hydrogen-bond donors (Lipinski definition) is 1. The van der Waals surface area contributed by atoms with E-state index < -0.39 is 17.5 Å². The summed E-state index contributed by atoms with van der Waals surface area (Å²) in [6, 6.07) is 13.9. The van der Waals surface area contributed by atoms with Gasteiger partial charge in [-0.15, -0.1) is 0 Å². The lowest BCUT2D eigenvalue weighted by molar-refractivity contribution is -0.130. The first-order valence-corrected chi connectivity index (χ1v) is 9.17. The molecule has 134 valence electrons. The second-order valence-corrected chi connectivity index (χ2v) is 7.25. The third-order valence-electron chi connectivity index (χ3n) is 4.67. The van der Waals surface area contributed by atoms with Crippen molar-refractivity contribution in [2.45, 2.75) is 25.8 Å². The summed E-state index contributed by atoms with van der Waals surface area (Å²) in [5.41, 5.74) is 1.06. The molecule has 1 unspecified atom stereocenters. The van der Waals surface area contributed by atoms with Crippen molar-refractivity contribution in [2.24, 2.45) is 0 Å². The number of urea groups is 1. The summed E-state index contributed by atoms with van der Waals surface area (Å²) in [5.74, 6) is -0.708. The Hall–Kier alpha value is -2.47. The monoisotopic (exact) mass is 414 g/mol. The van der Waals surface area contributed by atoms with Gasteiger partial charge in [-0.3, -0.25) is 14.5 Å². The number of nitrogens with zero attached hydrogens (tertiary/aromatic N) is 1.